The van der Waals surface area contributed by atoms with E-state index in [-0.39, 0.29) is 19.0 Å². The lowest BCUT2D eigenvalue weighted by atomic mass is 10.2. The van der Waals surface area contributed by atoms with E-state index in [9.17, 15) is 14.0 Å². The maximum atomic E-state index is 13.4. The Balaban J connectivity index is 1.47. The molecular weight excluding hydrogens is 485 g/mol. The van der Waals surface area contributed by atoms with E-state index in [4.69, 9.17) is 16.3 Å². The molecule has 36 heavy (non-hydrogen) atoms. The lowest BCUT2D eigenvalue weighted by molar-refractivity contribution is -0.121. The molecule has 0 atom stereocenters. The molecular formula is C26H21ClFN5O3. The standard InChI is InChI=1S/C26H21ClFN5O3/c1-2-24(34)29-13-25(35)32-18-6-8-22-20(11-18)26(31-15-30-22)33-19-7-9-23(21(27)12-19)36-14-16-4-3-5-17(28)10-16/h2-12,15H,1,13-14H2,(H,29,34)(H,32,35)(H,30,31,33). The quantitative estimate of drug-likeness (QED) is 0.277. The van der Waals surface area contributed by atoms with E-state index >= 15 is 0 Å². The van der Waals surface area contributed by atoms with Gasteiger partial charge in [0.25, 0.3) is 0 Å². The number of carbonyl (C=O) groups excluding carboxylic acids is 2. The minimum atomic E-state index is -0.437. The van der Waals surface area contributed by atoms with Crippen LogP contribution in [0.4, 0.5) is 21.6 Å². The number of halogens is 2. The van der Waals surface area contributed by atoms with Crippen molar-refractivity contribution in [2.24, 2.45) is 0 Å². The average Bonchev–Trinajstić information content (AvgIpc) is 2.87. The van der Waals surface area contributed by atoms with Gasteiger partial charge in [0.05, 0.1) is 17.1 Å². The molecule has 2 amide bonds. The van der Waals surface area contributed by atoms with Gasteiger partial charge in [-0.3, -0.25) is 9.59 Å². The van der Waals surface area contributed by atoms with Crippen LogP contribution in [0.2, 0.25) is 5.02 Å². The zero-order valence-corrected chi connectivity index (χ0v) is 19.7. The molecule has 182 valence electrons. The van der Waals surface area contributed by atoms with E-state index in [1.807, 2.05) is 0 Å². The molecule has 0 aliphatic rings. The normalized spacial score (nSPS) is 10.5. The number of hydrogen-bond donors (Lipinski definition) is 3. The van der Waals surface area contributed by atoms with Gasteiger partial charge in [-0.2, -0.15) is 0 Å². The lowest BCUT2D eigenvalue weighted by Gasteiger charge is -2.13. The molecule has 1 aromatic heterocycles. The van der Waals surface area contributed by atoms with Crippen molar-refractivity contribution < 1.29 is 18.7 Å². The Labute approximate surface area is 211 Å². The van der Waals surface area contributed by atoms with E-state index in [1.54, 1.807) is 48.5 Å². The highest BCUT2D eigenvalue weighted by atomic mass is 35.5. The van der Waals surface area contributed by atoms with Crippen LogP contribution in [0.15, 0.2) is 79.6 Å². The van der Waals surface area contributed by atoms with Gasteiger partial charge in [0.1, 0.15) is 30.3 Å². The minimum absolute atomic E-state index is 0.173. The van der Waals surface area contributed by atoms with Gasteiger partial charge in [-0.25, -0.2) is 14.4 Å². The van der Waals surface area contributed by atoms with E-state index in [0.717, 1.165) is 6.08 Å². The highest BCUT2D eigenvalue weighted by Gasteiger charge is 2.10. The molecule has 3 aromatic carbocycles. The topological polar surface area (TPSA) is 105 Å². The molecule has 8 nitrogen and oxygen atoms in total. The summed E-state index contributed by atoms with van der Waals surface area (Å²) in [6, 6.07) is 16.5. The molecule has 0 aliphatic carbocycles. The van der Waals surface area contributed by atoms with Crippen molar-refractivity contribution in [1.82, 2.24) is 15.3 Å². The molecule has 0 saturated heterocycles. The van der Waals surface area contributed by atoms with Crippen molar-refractivity contribution in [1.29, 1.82) is 0 Å². The molecule has 0 bridgehead atoms. The average molecular weight is 506 g/mol. The van der Waals surface area contributed by atoms with Crippen molar-refractivity contribution >= 4 is 51.5 Å². The van der Waals surface area contributed by atoms with Crippen LogP contribution in [-0.2, 0) is 16.2 Å². The summed E-state index contributed by atoms with van der Waals surface area (Å²) in [4.78, 5) is 32.0. The third kappa shape index (κ3) is 6.34. The number of nitrogens with zero attached hydrogens (tertiary/aromatic N) is 2. The molecule has 1 heterocycles. The van der Waals surface area contributed by atoms with E-state index in [1.165, 1.54) is 18.5 Å². The third-order valence-corrected chi connectivity index (χ3v) is 5.30. The second-order valence-electron chi connectivity index (χ2n) is 7.61. The van der Waals surface area contributed by atoms with Crippen LogP contribution in [0.3, 0.4) is 0 Å². The first-order valence-electron chi connectivity index (χ1n) is 10.8. The fourth-order valence-corrected chi connectivity index (χ4v) is 3.53. The summed E-state index contributed by atoms with van der Waals surface area (Å²) in [7, 11) is 0. The summed E-state index contributed by atoms with van der Waals surface area (Å²) in [5, 5.41) is 9.37. The smallest absolute Gasteiger partial charge is 0.243 e. The molecule has 0 saturated carbocycles. The number of carbonyl (C=O) groups is 2. The third-order valence-electron chi connectivity index (χ3n) is 5.01. The Hall–Kier alpha value is -4.50. The summed E-state index contributed by atoms with van der Waals surface area (Å²) >= 11 is 6.40. The Kier molecular flexibility index (Phi) is 7.72. The Bertz CT molecular complexity index is 1450. The van der Waals surface area contributed by atoms with Gasteiger partial charge in [0.2, 0.25) is 11.8 Å². The molecule has 10 heteroatoms. The molecule has 0 spiro atoms. The van der Waals surface area contributed by atoms with E-state index < -0.39 is 11.8 Å². The van der Waals surface area contributed by atoms with Gasteiger partial charge in [-0.15, -0.1) is 0 Å². The van der Waals surface area contributed by atoms with Gasteiger partial charge in [0, 0.05) is 16.8 Å². The number of rotatable bonds is 9. The van der Waals surface area contributed by atoms with Crippen molar-refractivity contribution in [3.8, 4) is 5.75 Å². The van der Waals surface area contributed by atoms with Crippen molar-refractivity contribution in [2.45, 2.75) is 6.61 Å². The number of aromatic nitrogens is 2. The largest absolute Gasteiger partial charge is 0.487 e. The van der Waals surface area contributed by atoms with Gasteiger partial charge < -0.3 is 20.7 Å². The van der Waals surface area contributed by atoms with Crippen molar-refractivity contribution in [2.75, 3.05) is 17.2 Å². The Morgan fingerprint density at radius 2 is 1.89 bits per heavy atom. The van der Waals surface area contributed by atoms with Crippen LogP contribution in [0.1, 0.15) is 5.56 Å². The molecule has 0 unspecified atom stereocenters. The molecule has 0 fully saturated rings. The molecule has 4 aromatic rings. The van der Waals surface area contributed by atoms with E-state index in [2.05, 4.69) is 32.5 Å². The predicted octanol–water partition coefficient (Wildman–Crippen LogP) is 4.99. The van der Waals surface area contributed by atoms with Crippen LogP contribution in [0.25, 0.3) is 10.9 Å². The molecule has 3 N–H and O–H groups in total. The summed E-state index contributed by atoms with van der Waals surface area (Å²) in [5.74, 6) is -0.210. The first kappa shape index (κ1) is 24.6. The molecule has 0 aliphatic heterocycles. The number of amides is 2. The SMILES string of the molecule is C=CC(=O)NCC(=O)Nc1ccc2ncnc(Nc3ccc(OCc4cccc(F)c4)c(Cl)c3)c2c1. The maximum Gasteiger partial charge on any atom is 0.243 e. The second kappa shape index (κ2) is 11.3. The predicted molar refractivity (Wildman–Crippen MR) is 137 cm³/mol. The van der Waals surface area contributed by atoms with Crippen LogP contribution < -0.4 is 20.7 Å². The highest BCUT2D eigenvalue weighted by Crippen LogP contribution is 2.31. The minimum Gasteiger partial charge on any atom is -0.487 e. The summed E-state index contributed by atoms with van der Waals surface area (Å²) in [6.07, 6.45) is 2.51. The zero-order valence-electron chi connectivity index (χ0n) is 18.9. The highest BCUT2D eigenvalue weighted by molar-refractivity contribution is 6.32. The number of hydrogen-bond acceptors (Lipinski definition) is 6. The van der Waals surface area contributed by atoms with Crippen LogP contribution in [0.5, 0.6) is 5.75 Å². The van der Waals surface area contributed by atoms with Gasteiger partial charge >= 0.3 is 0 Å². The monoisotopic (exact) mass is 505 g/mol. The van der Waals surface area contributed by atoms with Crippen LogP contribution in [-0.4, -0.2) is 28.3 Å². The second-order valence-corrected chi connectivity index (χ2v) is 8.02. The first-order chi connectivity index (χ1) is 17.4. The van der Waals surface area contributed by atoms with Gasteiger partial charge in [0.15, 0.2) is 0 Å². The van der Waals surface area contributed by atoms with Crippen LogP contribution >= 0.6 is 11.6 Å². The maximum absolute atomic E-state index is 13.4. The fourth-order valence-electron chi connectivity index (χ4n) is 3.30. The zero-order chi connectivity index (χ0) is 25.5. The molecule has 0 radical (unpaired) electrons. The number of benzene rings is 3. The van der Waals surface area contributed by atoms with Gasteiger partial charge in [-0.05, 0) is 60.2 Å². The molecule has 4 rings (SSSR count). The fraction of sp³-hybridized carbons (Fsp3) is 0.0769. The Morgan fingerprint density at radius 1 is 1.06 bits per heavy atom. The summed E-state index contributed by atoms with van der Waals surface area (Å²) in [6.45, 7) is 3.33. The van der Waals surface area contributed by atoms with Gasteiger partial charge in [-0.1, -0.05) is 30.3 Å². The first-order valence-corrected chi connectivity index (χ1v) is 11.2. The Morgan fingerprint density at radius 3 is 2.67 bits per heavy atom. The lowest BCUT2D eigenvalue weighted by Crippen LogP contribution is -2.31. The summed E-state index contributed by atoms with van der Waals surface area (Å²) < 4.78 is 19.1. The van der Waals surface area contributed by atoms with Crippen LogP contribution in [0, 0.1) is 5.82 Å². The van der Waals surface area contributed by atoms with Crippen molar-refractivity contribution in [3.05, 3.63) is 96.0 Å². The number of anilines is 3. The summed E-state index contributed by atoms with van der Waals surface area (Å²) in [5.41, 5.74) is 2.51. The number of ether oxygens (including phenoxy) is 1. The van der Waals surface area contributed by atoms with E-state index in [0.29, 0.717) is 44.4 Å². The number of fused-ring (bicyclic) bond motifs is 1. The number of nitrogens with one attached hydrogen (secondary N) is 3. The van der Waals surface area contributed by atoms with Crippen molar-refractivity contribution in [3.63, 3.8) is 0 Å².